The van der Waals surface area contributed by atoms with Crippen LogP contribution >= 0.6 is 0 Å². The molecule has 1 fully saturated rings. The van der Waals surface area contributed by atoms with E-state index >= 15 is 0 Å². The van der Waals surface area contributed by atoms with Gasteiger partial charge < -0.3 is 36.2 Å². The van der Waals surface area contributed by atoms with Crippen LogP contribution in [0.2, 0.25) is 0 Å². The van der Waals surface area contributed by atoms with Crippen LogP contribution < -0.4 is 11.1 Å². The first kappa shape index (κ1) is 32.9. The van der Waals surface area contributed by atoms with E-state index in [1.807, 2.05) is 36.4 Å². The number of aliphatic hydroxyl groups excluding tert-OH is 2. The Morgan fingerprint density at radius 2 is 1.71 bits per heavy atom. The number of nitrogens with zero attached hydrogens (tertiary/aromatic N) is 1. The molecule has 3 aromatic rings. The Kier molecular flexibility index (Phi) is 8.36. The standard InChI is InChI=1S/C36H37N3O9/c1-4-48-26(41)16-38-15-17-9-10-21(20-8-6-5-7-19(17)20)22-11-12-25(40)28-23(22)13-18-14-24-30(39(2)3)32(43)29(35(37)46)34(45)36(24,47)33(44)27(18)31(28)42/h5-12,18,24,30,38,40,42,45,47H,4,13-16H2,1-3H3,(H2,37,46)/t18-,24-,30+,36-/m1/s1. The van der Waals surface area contributed by atoms with Gasteiger partial charge in [-0.3, -0.25) is 24.1 Å². The third kappa shape index (κ3) is 4.95. The number of aliphatic hydroxyl groups is 3. The summed E-state index contributed by atoms with van der Waals surface area (Å²) >= 11 is 0. The number of nitrogens with one attached hydrogen (secondary N) is 1. The predicted octanol–water partition coefficient (Wildman–Crippen LogP) is 2.44. The molecule has 0 radical (unpaired) electrons. The van der Waals surface area contributed by atoms with Crippen molar-refractivity contribution >= 4 is 40.0 Å². The summed E-state index contributed by atoms with van der Waals surface area (Å²) in [6.45, 7) is 2.49. The average molecular weight is 656 g/mol. The van der Waals surface area contributed by atoms with E-state index in [-0.39, 0.29) is 42.2 Å². The molecule has 0 aromatic heterocycles. The molecule has 250 valence electrons. The topological polar surface area (TPSA) is 200 Å². The molecule has 0 bridgehead atoms. The van der Waals surface area contributed by atoms with Crippen LogP contribution in [0.25, 0.3) is 27.7 Å². The largest absolute Gasteiger partial charge is 0.508 e. The number of primary amides is 1. The molecule has 0 saturated heterocycles. The van der Waals surface area contributed by atoms with Crippen LogP contribution in [-0.4, -0.2) is 87.7 Å². The zero-order valence-electron chi connectivity index (χ0n) is 26.7. The van der Waals surface area contributed by atoms with Gasteiger partial charge in [-0.05, 0) is 78.9 Å². The molecule has 3 aliphatic rings. The molecule has 1 saturated carbocycles. The number of benzene rings is 3. The van der Waals surface area contributed by atoms with Crippen molar-refractivity contribution in [2.45, 2.75) is 38.0 Å². The van der Waals surface area contributed by atoms with Crippen molar-refractivity contribution in [2.75, 3.05) is 27.2 Å². The van der Waals surface area contributed by atoms with Gasteiger partial charge in [0.1, 0.15) is 22.8 Å². The Hall–Kier alpha value is -5.04. The van der Waals surface area contributed by atoms with Gasteiger partial charge in [0.25, 0.3) is 5.91 Å². The highest BCUT2D eigenvalue weighted by molar-refractivity contribution is 6.24. The van der Waals surface area contributed by atoms with E-state index in [4.69, 9.17) is 10.5 Å². The maximum atomic E-state index is 14.2. The summed E-state index contributed by atoms with van der Waals surface area (Å²) in [5.41, 5.74) is 4.68. The van der Waals surface area contributed by atoms with E-state index in [1.165, 1.54) is 11.0 Å². The highest BCUT2D eigenvalue weighted by Gasteiger charge is 2.64. The number of phenolic OH excluding ortho intramolecular Hbond substituents is 1. The molecule has 4 atom stereocenters. The van der Waals surface area contributed by atoms with Crippen LogP contribution in [0.4, 0.5) is 0 Å². The number of ether oxygens (including phenoxy) is 1. The van der Waals surface area contributed by atoms with Crippen molar-refractivity contribution in [1.82, 2.24) is 10.2 Å². The third-order valence-electron chi connectivity index (χ3n) is 9.80. The molecule has 12 heteroatoms. The Balaban J connectivity index is 1.47. The first-order valence-electron chi connectivity index (χ1n) is 15.7. The van der Waals surface area contributed by atoms with Crippen molar-refractivity contribution < 1.29 is 44.3 Å². The Labute approximate surface area is 276 Å². The molecule has 0 spiro atoms. The molecule has 1 amide bonds. The fraction of sp³-hybridized carbons (Fsp3) is 0.333. The van der Waals surface area contributed by atoms with Gasteiger partial charge >= 0.3 is 5.97 Å². The lowest BCUT2D eigenvalue weighted by atomic mass is 9.57. The van der Waals surface area contributed by atoms with E-state index in [2.05, 4.69) is 5.32 Å². The lowest BCUT2D eigenvalue weighted by molar-refractivity contribution is -0.153. The lowest BCUT2D eigenvalue weighted by Crippen LogP contribution is -2.65. The second kappa shape index (κ2) is 12.2. The Morgan fingerprint density at radius 3 is 2.38 bits per heavy atom. The van der Waals surface area contributed by atoms with Gasteiger partial charge in [-0.2, -0.15) is 0 Å². The van der Waals surface area contributed by atoms with Crippen molar-refractivity contribution in [3.05, 3.63) is 82.1 Å². The number of likely N-dealkylation sites (N-methyl/N-ethyl adjacent to an activating group) is 1. The molecule has 48 heavy (non-hydrogen) atoms. The Bertz CT molecular complexity index is 1960. The van der Waals surface area contributed by atoms with Gasteiger partial charge in [0, 0.05) is 18.0 Å². The summed E-state index contributed by atoms with van der Waals surface area (Å²) in [5, 5.41) is 50.6. The van der Waals surface area contributed by atoms with Gasteiger partial charge in [0.05, 0.1) is 24.8 Å². The van der Waals surface area contributed by atoms with Crippen molar-refractivity contribution in [3.8, 4) is 16.9 Å². The summed E-state index contributed by atoms with van der Waals surface area (Å²) in [6, 6.07) is 13.6. The zero-order valence-corrected chi connectivity index (χ0v) is 26.7. The number of esters is 1. The van der Waals surface area contributed by atoms with Crippen LogP contribution in [0.5, 0.6) is 5.75 Å². The normalized spacial score (nSPS) is 23.6. The molecule has 3 aliphatic carbocycles. The summed E-state index contributed by atoms with van der Waals surface area (Å²) in [7, 11) is 3.12. The van der Waals surface area contributed by atoms with E-state index in [0.717, 1.165) is 21.9 Å². The second-order valence-electron chi connectivity index (χ2n) is 12.7. The van der Waals surface area contributed by atoms with E-state index in [1.54, 1.807) is 27.1 Å². The highest BCUT2D eigenvalue weighted by Crippen LogP contribution is 2.54. The molecule has 3 aromatic carbocycles. The minimum Gasteiger partial charge on any atom is -0.508 e. The summed E-state index contributed by atoms with van der Waals surface area (Å²) in [5.74, 6) is -7.32. The second-order valence-corrected chi connectivity index (χ2v) is 12.7. The number of rotatable bonds is 8. The highest BCUT2D eigenvalue weighted by atomic mass is 16.5. The molecule has 0 aliphatic heterocycles. The molecule has 7 N–H and O–H groups in total. The van der Waals surface area contributed by atoms with Crippen LogP contribution in [0.3, 0.4) is 0 Å². The first-order chi connectivity index (χ1) is 22.8. The first-order valence-corrected chi connectivity index (χ1v) is 15.7. The number of ketones is 2. The van der Waals surface area contributed by atoms with E-state index in [9.17, 15) is 39.6 Å². The summed E-state index contributed by atoms with van der Waals surface area (Å²) in [6.07, 6.45) is 0.155. The number of phenols is 1. The maximum Gasteiger partial charge on any atom is 0.319 e. The van der Waals surface area contributed by atoms with Crippen LogP contribution in [0, 0.1) is 11.8 Å². The van der Waals surface area contributed by atoms with Crippen LogP contribution in [0.15, 0.2) is 65.4 Å². The number of Topliss-reactive ketones (excluding diaryl/α,β-unsaturated/α-hetero) is 2. The SMILES string of the molecule is CCOC(=O)CNCc1ccc(-c2ccc(O)c3c2C[C@@H]2C[C@@H]4[C@H](N(C)C)C(=O)C(C(N)=O)=C(O)[C@]4(O)C(=O)C2=C3O)c2ccccc12. The fourth-order valence-electron chi connectivity index (χ4n) is 7.76. The van der Waals surface area contributed by atoms with Gasteiger partial charge in [0.2, 0.25) is 5.78 Å². The minimum absolute atomic E-state index is 0.00726. The number of fused-ring (bicyclic) bond motifs is 4. The predicted molar refractivity (Wildman–Crippen MR) is 176 cm³/mol. The number of nitrogens with two attached hydrogens (primary N) is 1. The molecular formula is C36H37N3O9. The number of amides is 1. The van der Waals surface area contributed by atoms with Crippen LogP contribution in [-0.2, 0) is 36.9 Å². The number of hydrogen-bond donors (Lipinski definition) is 6. The van der Waals surface area contributed by atoms with Gasteiger partial charge in [-0.15, -0.1) is 0 Å². The van der Waals surface area contributed by atoms with Crippen molar-refractivity contribution in [1.29, 1.82) is 0 Å². The van der Waals surface area contributed by atoms with Gasteiger partial charge in [-0.25, -0.2) is 0 Å². The maximum absolute atomic E-state index is 14.2. The molecular weight excluding hydrogens is 618 g/mol. The van der Waals surface area contributed by atoms with Crippen LogP contribution in [0.1, 0.15) is 30.0 Å². The quantitative estimate of drug-likeness (QED) is 0.154. The third-order valence-corrected chi connectivity index (χ3v) is 9.80. The van der Waals surface area contributed by atoms with E-state index < -0.39 is 58.0 Å². The summed E-state index contributed by atoms with van der Waals surface area (Å²) < 4.78 is 5.00. The molecule has 0 unspecified atom stereocenters. The lowest BCUT2D eigenvalue weighted by Gasteiger charge is -2.50. The summed E-state index contributed by atoms with van der Waals surface area (Å²) in [4.78, 5) is 53.1. The molecule has 12 nitrogen and oxygen atoms in total. The molecule has 6 rings (SSSR count). The van der Waals surface area contributed by atoms with Gasteiger partial charge in [0.15, 0.2) is 11.4 Å². The fourth-order valence-corrected chi connectivity index (χ4v) is 7.76. The monoisotopic (exact) mass is 655 g/mol. The molecule has 0 heterocycles. The van der Waals surface area contributed by atoms with Crippen molar-refractivity contribution in [2.24, 2.45) is 17.6 Å². The zero-order chi connectivity index (χ0) is 34.7. The number of carbonyl (C=O) groups is 4. The average Bonchev–Trinajstić information content (AvgIpc) is 3.03. The number of aromatic hydroxyl groups is 1. The minimum atomic E-state index is -2.70. The number of hydrogen-bond acceptors (Lipinski definition) is 11. The Morgan fingerprint density at radius 1 is 1.02 bits per heavy atom. The smallest absolute Gasteiger partial charge is 0.319 e. The number of carbonyl (C=O) groups excluding carboxylic acids is 4. The van der Waals surface area contributed by atoms with Gasteiger partial charge in [-0.1, -0.05) is 42.5 Å². The van der Waals surface area contributed by atoms with Crippen molar-refractivity contribution in [3.63, 3.8) is 0 Å². The van der Waals surface area contributed by atoms with E-state index in [0.29, 0.717) is 24.3 Å².